The van der Waals surface area contributed by atoms with Gasteiger partial charge in [-0.2, -0.15) is 5.10 Å². The number of fused-ring (bicyclic) bond motifs is 1. The molecule has 3 aromatic heterocycles. The second-order valence-corrected chi connectivity index (χ2v) is 6.44. The van der Waals surface area contributed by atoms with Gasteiger partial charge in [-0.1, -0.05) is 26.7 Å². The van der Waals surface area contributed by atoms with Crippen molar-refractivity contribution >= 4 is 22.7 Å². The fourth-order valence-corrected chi connectivity index (χ4v) is 3.28. The van der Waals surface area contributed by atoms with Crippen LogP contribution in [0.2, 0.25) is 0 Å². The predicted octanol–water partition coefficient (Wildman–Crippen LogP) is 4.00. The van der Waals surface area contributed by atoms with E-state index in [1.807, 2.05) is 21.6 Å². The molecule has 0 spiro atoms. The zero-order chi connectivity index (χ0) is 17.6. The van der Waals surface area contributed by atoms with E-state index in [1.165, 1.54) is 25.7 Å². The Bertz CT molecular complexity index is 799. The average molecular weight is 341 g/mol. The number of hydrogen-bond acceptors (Lipinski definition) is 5. The first-order valence-electron chi connectivity index (χ1n) is 9.20. The third-order valence-corrected chi connectivity index (χ3v) is 4.48. The number of imidazole rings is 1. The molecule has 3 aromatic rings. The van der Waals surface area contributed by atoms with Gasteiger partial charge in [0.25, 0.3) is 0 Å². The van der Waals surface area contributed by atoms with Crippen LogP contribution in [0, 0.1) is 5.92 Å². The number of hydrogen-bond donors (Lipinski definition) is 1. The first kappa shape index (κ1) is 17.4. The van der Waals surface area contributed by atoms with E-state index in [-0.39, 0.29) is 0 Å². The Morgan fingerprint density at radius 1 is 1.08 bits per heavy atom. The van der Waals surface area contributed by atoms with Gasteiger partial charge >= 0.3 is 0 Å². The minimum atomic E-state index is 0.689. The lowest BCUT2D eigenvalue weighted by Crippen LogP contribution is -2.11. The highest BCUT2D eigenvalue weighted by molar-refractivity contribution is 5.84. The molecule has 0 unspecified atom stereocenters. The standard InChI is InChI=1S/C18H27N7/c1-4-7-14(8-5-2)10-25-11-15(9-22-25)23-17-16-18(20-12-19-17)24(6-3)13-21-16/h9,11-14H,4-8,10H2,1-3H3,(H,19,20,23). The van der Waals surface area contributed by atoms with Gasteiger partial charge < -0.3 is 9.88 Å². The maximum absolute atomic E-state index is 4.50. The molecular formula is C18H27N7. The van der Waals surface area contributed by atoms with Gasteiger partial charge in [0, 0.05) is 19.3 Å². The van der Waals surface area contributed by atoms with Crippen LogP contribution in [-0.2, 0) is 13.1 Å². The second-order valence-electron chi connectivity index (χ2n) is 6.44. The Hall–Kier alpha value is -2.44. The molecule has 0 aliphatic heterocycles. The molecule has 0 aliphatic carbocycles. The van der Waals surface area contributed by atoms with Gasteiger partial charge in [0.15, 0.2) is 17.0 Å². The molecule has 0 atom stereocenters. The summed E-state index contributed by atoms with van der Waals surface area (Å²) in [4.78, 5) is 13.1. The molecule has 0 fully saturated rings. The highest BCUT2D eigenvalue weighted by Crippen LogP contribution is 2.22. The Morgan fingerprint density at radius 2 is 1.88 bits per heavy atom. The number of nitrogens with zero attached hydrogens (tertiary/aromatic N) is 6. The summed E-state index contributed by atoms with van der Waals surface area (Å²) in [5, 5.41) is 7.83. The molecule has 25 heavy (non-hydrogen) atoms. The van der Waals surface area contributed by atoms with Crippen LogP contribution in [-0.4, -0.2) is 29.3 Å². The Kier molecular flexibility index (Phi) is 5.63. The highest BCUT2D eigenvalue weighted by Gasteiger charge is 2.12. The van der Waals surface area contributed by atoms with Crippen molar-refractivity contribution in [3.63, 3.8) is 0 Å². The van der Waals surface area contributed by atoms with Gasteiger partial charge in [0.2, 0.25) is 0 Å². The lowest BCUT2D eigenvalue weighted by Gasteiger charge is -2.14. The molecule has 0 radical (unpaired) electrons. The summed E-state index contributed by atoms with van der Waals surface area (Å²) >= 11 is 0. The van der Waals surface area contributed by atoms with Crippen molar-refractivity contribution in [2.24, 2.45) is 5.92 Å². The van der Waals surface area contributed by atoms with Crippen molar-refractivity contribution in [2.75, 3.05) is 5.32 Å². The van der Waals surface area contributed by atoms with Gasteiger partial charge in [0.05, 0.1) is 18.2 Å². The minimum absolute atomic E-state index is 0.689. The fourth-order valence-electron chi connectivity index (χ4n) is 3.28. The van der Waals surface area contributed by atoms with Crippen molar-refractivity contribution < 1.29 is 0 Å². The van der Waals surface area contributed by atoms with Crippen LogP contribution in [0.3, 0.4) is 0 Å². The molecule has 134 valence electrons. The largest absolute Gasteiger partial charge is 0.336 e. The molecule has 7 heteroatoms. The Balaban J connectivity index is 1.74. The number of anilines is 2. The molecule has 1 N–H and O–H groups in total. The average Bonchev–Trinajstić information content (AvgIpc) is 3.22. The normalized spacial score (nSPS) is 11.5. The first-order valence-corrected chi connectivity index (χ1v) is 9.20. The van der Waals surface area contributed by atoms with E-state index in [4.69, 9.17) is 0 Å². The van der Waals surface area contributed by atoms with E-state index in [0.29, 0.717) is 5.92 Å². The van der Waals surface area contributed by atoms with Gasteiger partial charge in [-0.3, -0.25) is 4.68 Å². The van der Waals surface area contributed by atoms with Crippen LogP contribution in [0.25, 0.3) is 11.2 Å². The van der Waals surface area contributed by atoms with E-state index in [0.717, 1.165) is 35.8 Å². The number of nitrogens with one attached hydrogen (secondary N) is 1. The molecule has 0 aromatic carbocycles. The molecule has 0 saturated carbocycles. The maximum Gasteiger partial charge on any atom is 0.165 e. The molecule has 3 rings (SSSR count). The van der Waals surface area contributed by atoms with E-state index < -0.39 is 0 Å². The van der Waals surface area contributed by atoms with E-state index in [1.54, 1.807) is 12.7 Å². The van der Waals surface area contributed by atoms with Gasteiger partial charge in [-0.15, -0.1) is 0 Å². The molecule has 3 heterocycles. The van der Waals surface area contributed by atoms with E-state index in [9.17, 15) is 0 Å². The van der Waals surface area contributed by atoms with Crippen molar-refractivity contribution in [2.45, 2.75) is 59.5 Å². The summed E-state index contributed by atoms with van der Waals surface area (Å²) in [5.74, 6) is 1.41. The van der Waals surface area contributed by atoms with Crippen molar-refractivity contribution in [3.8, 4) is 0 Å². The lowest BCUT2D eigenvalue weighted by atomic mass is 9.98. The summed E-state index contributed by atoms with van der Waals surface area (Å²) in [6, 6.07) is 0. The topological polar surface area (TPSA) is 73.5 Å². The summed E-state index contributed by atoms with van der Waals surface area (Å²) in [6.07, 6.45) is 12.2. The molecule has 0 amide bonds. The van der Waals surface area contributed by atoms with Crippen molar-refractivity contribution in [1.82, 2.24) is 29.3 Å². The summed E-state index contributed by atoms with van der Waals surface area (Å²) in [6.45, 7) is 8.36. The fraction of sp³-hybridized carbons (Fsp3) is 0.556. The van der Waals surface area contributed by atoms with Crippen LogP contribution >= 0.6 is 0 Å². The van der Waals surface area contributed by atoms with Crippen LogP contribution < -0.4 is 5.32 Å². The molecule has 0 aliphatic rings. The quantitative estimate of drug-likeness (QED) is 0.637. The second kappa shape index (κ2) is 8.09. The zero-order valence-electron chi connectivity index (χ0n) is 15.3. The molecular weight excluding hydrogens is 314 g/mol. The number of aromatic nitrogens is 6. The smallest absolute Gasteiger partial charge is 0.165 e. The van der Waals surface area contributed by atoms with Gasteiger partial charge in [0.1, 0.15) is 6.33 Å². The lowest BCUT2D eigenvalue weighted by molar-refractivity contribution is 0.364. The van der Waals surface area contributed by atoms with Crippen molar-refractivity contribution in [3.05, 3.63) is 25.0 Å². The molecule has 0 saturated heterocycles. The number of aryl methyl sites for hydroxylation is 1. The van der Waals surface area contributed by atoms with E-state index in [2.05, 4.69) is 46.1 Å². The van der Waals surface area contributed by atoms with Gasteiger partial charge in [-0.05, 0) is 25.7 Å². The SMILES string of the molecule is CCCC(CCC)Cn1cc(Nc2ncnc3c2ncn3CC)cn1. The van der Waals surface area contributed by atoms with Crippen LogP contribution in [0.5, 0.6) is 0 Å². The third kappa shape index (κ3) is 3.97. The maximum atomic E-state index is 4.50. The monoisotopic (exact) mass is 341 g/mol. The first-order chi connectivity index (χ1) is 12.2. The molecule has 0 bridgehead atoms. The molecule has 7 nitrogen and oxygen atoms in total. The zero-order valence-corrected chi connectivity index (χ0v) is 15.3. The van der Waals surface area contributed by atoms with Crippen molar-refractivity contribution in [1.29, 1.82) is 0 Å². The predicted molar refractivity (Wildman–Crippen MR) is 99.8 cm³/mol. The van der Waals surface area contributed by atoms with Crippen LogP contribution in [0.1, 0.15) is 46.5 Å². The van der Waals surface area contributed by atoms with Gasteiger partial charge in [-0.25, -0.2) is 15.0 Å². The Morgan fingerprint density at radius 3 is 2.60 bits per heavy atom. The minimum Gasteiger partial charge on any atom is -0.336 e. The Labute approximate surface area is 148 Å². The number of rotatable bonds is 9. The summed E-state index contributed by atoms with van der Waals surface area (Å²) < 4.78 is 4.03. The van der Waals surface area contributed by atoms with E-state index >= 15 is 0 Å². The van der Waals surface area contributed by atoms with Crippen LogP contribution in [0.4, 0.5) is 11.5 Å². The van der Waals surface area contributed by atoms with Crippen LogP contribution in [0.15, 0.2) is 25.0 Å². The summed E-state index contributed by atoms with van der Waals surface area (Å²) in [7, 11) is 0. The summed E-state index contributed by atoms with van der Waals surface area (Å²) in [5.41, 5.74) is 2.56. The highest BCUT2D eigenvalue weighted by atomic mass is 15.3. The third-order valence-electron chi connectivity index (χ3n) is 4.48.